The second-order valence-corrected chi connectivity index (χ2v) is 7.76. The molecule has 0 saturated heterocycles. The molecule has 1 atom stereocenters. The zero-order valence-corrected chi connectivity index (χ0v) is 17.2. The minimum atomic E-state index is -3.68. The Morgan fingerprint density at radius 3 is 2.19 bits per heavy atom. The molecule has 0 unspecified atom stereocenters. The van der Waals surface area contributed by atoms with E-state index in [1.54, 1.807) is 38.3 Å². The second-order valence-electron chi connectivity index (χ2n) is 6.05. The summed E-state index contributed by atoms with van der Waals surface area (Å²) in [5.74, 6) is 1.89. The van der Waals surface area contributed by atoms with Crippen LogP contribution in [0.3, 0.4) is 0 Å². The van der Waals surface area contributed by atoms with Gasteiger partial charge in [0.15, 0.2) is 11.5 Å². The number of sulfonamides is 1. The van der Waals surface area contributed by atoms with E-state index < -0.39 is 16.1 Å². The van der Waals surface area contributed by atoms with Gasteiger partial charge in [0.2, 0.25) is 10.0 Å². The van der Waals surface area contributed by atoms with Gasteiger partial charge in [-0.1, -0.05) is 6.07 Å². The molecule has 0 spiro atoms. The van der Waals surface area contributed by atoms with Crippen LogP contribution in [-0.2, 0) is 10.0 Å². The summed E-state index contributed by atoms with van der Waals surface area (Å²) in [5.41, 5.74) is 1.54. The van der Waals surface area contributed by atoms with Crippen LogP contribution in [0, 0.1) is 6.92 Å². The van der Waals surface area contributed by atoms with Crippen molar-refractivity contribution in [2.45, 2.75) is 38.6 Å². The monoisotopic (exact) mass is 393 g/mol. The van der Waals surface area contributed by atoms with Crippen molar-refractivity contribution in [1.29, 1.82) is 0 Å². The number of nitrogens with one attached hydrogen (secondary N) is 1. The van der Waals surface area contributed by atoms with Gasteiger partial charge in [0.1, 0.15) is 5.75 Å². The molecule has 1 N–H and O–H groups in total. The highest BCUT2D eigenvalue weighted by Crippen LogP contribution is 2.31. The van der Waals surface area contributed by atoms with Crippen molar-refractivity contribution in [3.8, 4) is 17.2 Å². The van der Waals surface area contributed by atoms with Crippen molar-refractivity contribution in [3.63, 3.8) is 0 Å². The van der Waals surface area contributed by atoms with Crippen LogP contribution >= 0.6 is 0 Å². The number of benzene rings is 2. The Morgan fingerprint density at radius 2 is 1.59 bits per heavy atom. The number of ether oxygens (including phenoxy) is 3. The molecule has 0 aliphatic rings. The fourth-order valence-corrected chi connectivity index (χ4v) is 4.04. The standard InChI is InChI=1S/C20H27NO5S/c1-6-25-19-10-8-16(13-20(19)26-7-2)15(4)21-27(22,23)17-9-11-18(24-5)14(3)12-17/h8-13,15,21H,6-7H2,1-5H3/t15-/m1/s1. The minimum absolute atomic E-state index is 0.198. The van der Waals surface area contributed by atoms with Gasteiger partial charge in [-0.15, -0.1) is 0 Å². The third kappa shape index (κ3) is 5.14. The Bertz CT molecular complexity index is 880. The summed E-state index contributed by atoms with van der Waals surface area (Å²) in [4.78, 5) is 0.198. The van der Waals surface area contributed by atoms with Crippen molar-refractivity contribution >= 4 is 10.0 Å². The summed E-state index contributed by atoms with van der Waals surface area (Å²) in [6.45, 7) is 8.41. The molecule has 0 heterocycles. The van der Waals surface area contributed by atoms with Crippen molar-refractivity contribution in [2.75, 3.05) is 20.3 Å². The predicted octanol–water partition coefficient (Wildman–Crippen LogP) is 3.84. The maximum Gasteiger partial charge on any atom is 0.241 e. The highest BCUT2D eigenvalue weighted by atomic mass is 32.2. The highest BCUT2D eigenvalue weighted by molar-refractivity contribution is 7.89. The van der Waals surface area contributed by atoms with Gasteiger partial charge in [-0.3, -0.25) is 0 Å². The zero-order chi connectivity index (χ0) is 20.0. The van der Waals surface area contributed by atoms with Crippen LogP contribution < -0.4 is 18.9 Å². The Morgan fingerprint density at radius 1 is 0.963 bits per heavy atom. The Balaban J connectivity index is 2.26. The molecule has 0 bridgehead atoms. The third-order valence-corrected chi connectivity index (χ3v) is 5.61. The molecule has 7 heteroatoms. The normalized spacial score (nSPS) is 12.5. The molecule has 0 saturated carbocycles. The van der Waals surface area contributed by atoms with E-state index in [0.29, 0.717) is 30.5 Å². The first-order valence-electron chi connectivity index (χ1n) is 8.88. The maximum atomic E-state index is 12.7. The Labute approximate surface area is 161 Å². The highest BCUT2D eigenvalue weighted by Gasteiger charge is 2.20. The average Bonchev–Trinajstić information content (AvgIpc) is 2.63. The van der Waals surface area contributed by atoms with E-state index in [9.17, 15) is 8.42 Å². The predicted molar refractivity (Wildman–Crippen MR) is 105 cm³/mol. The lowest BCUT2D eigenvalue weighted by molar-refractivity contribution is 0.287. The van der Waals surface area contributed by atoms with Crippen LogP contribution in [0.15, 0.2) is 41.3 Å². The summed E-state index contributed by atoms with van der Waals surface area (Å²) in [6.07, 6.45) is 0. The molecule has 6 nitrogen and oxygen atoms in total. The van der Waals surface area contributed by atoms with Gasteiger partial charge in [0, 0.05) is 6.04 Å². The van der Waals surface area contributed by atoms with Gasteiger partial charge < -0.3 is 14.2 Å². The lowest BCUT2D eigenvalue weighted by atomic mass is 10.1. The number of rotatable bonds is 9. The van der Waals surface area contributed by atoms with E-state index in [0.717, 1.165) is 11.1 Å². The molecule has 2 aromatic rings. The number of hydrogen-bond acceptors (Lipinski definition) is 5. The molecule has 0 amide bonds. The maximum absolute atomic E-state index is 12.7. The van der Waals surface area contributed by atoms with Gasteiger partial charge in [0.05, 0.1) is 25.2 Å². The quantitative estimate of drug-likeness (QED) is 0.701. The van der Waals surface area contributed by atoms with E-state index >= 15 is 0 Å². The van der Waals surface area contributed by atoms with Crippen LogP contribution in [0.4, 0.5) is 0 Å². The van der Waals surface area contributed by atoms with Crippen molar-refractivity contribution in [2.24, 2.45) is 0 Å². The fourth-order valence-electron chi connectivity index (χ4n) is 2.72. The molecule has 0 aliphatic heterocycles. The molecule has 2 aromatic carbocycles. The Hall–Kier alpha value is -2.25. The minimum Gasteiger partial charge on any atom is -0.496 e. The van der Waals surface area contributed by atoms with Gasteiger partial charge in [-0.2, -0.15) is 0 Å². The molecule has 2 rings (SSSR count). The van der Waals surface area contributed by atoms with E-state index in [2.05, 4.69) is 4.72 Å². The van der Waals surface area contributed by atoms with Crippen LogP contribution in [-0.4, -0.2) is 28.7 Å². The first-order valence-corrected chi connectivity index (χ1v) is 10.4. The first kappa shape index (κ1) is 21.1. The third-order valence-electron chi connectivity index (χ3n) is 4.08. The molecular weight excluding hydrogens is 366 g/mol. The smallest absolute Gasteiger partial charge is 0.241 e. The molecule has 27 heavy (non-hydrogen) atoms. The lowest BCUT2D eigenvalue weighted by Gasteiger charge is -2.18. The summed E-state index contributed by atoms with van der Waals surface area (Å²) in [7, 11) is -2.12. The summed E-state index contributed by atoms with van der Waals surface area (Å²) in [6, 6.07) is 9.78. The van der Waals surface area contributed by atoms with Crippen LogP contribution in [0.5, 0.6) is 17.2 Å². The van der Waals surface area contributed by atoms with Crippen molar-refractivity contribution in [3.05, 3.63) is 47.5 Å². The lowest BCUT2D eigenvalue weighted by Crippen LogP contribution is -2.27. The topological polar surface area (TPSA) is 73.9 Å². The van der Waals surface area contributed by atoms with Crippen LogP contribution in [0.1, 0.15) is 37.9 Å². The molecule has 0 aliphatic carbocycles. The van der Waals surface area contributed by atoms with Gasteiger partial charge in [-0.25, -0.2) is 13.1 Å². The summed E-state index contributed by atoms with van der Waals surface area (Å²) >= 11 is 0. The molecular formula is C20H27NO5S. The van der Waals surface area contributed by atoms with Gasteiger partial charge >= 0.3 is 0 Å². The van der Waals surface area contributed by atoms with Crippen LogP contribution in [0.25, 0.3) is 0 Å². The van der Waals surface area contributed by atoms with Crippen LogP contribution in [0.2, 0.25) is 0 Å². The van der Waals surface area contributed by atoms with Crippen molar-refractivity contribution < 1.29 is 22.6 Å². The SMILES string of the molecule is CCOc1ccc([C@@H](C)NS(=O)(=O)c2ccc(OC)c(C)c2)cc1OCC. The number of aryl methyl sites for hydroxylation is 1. The largest absolute Gasteiger partial charge is 0.496 e. The zero-order valence-electron chi connectivity index (χ0n) is 16.4. The van der Waals surface area contributed by atoms with E-state index in [-0.39, 0.29) is 4.90 Å². The van der Waals surface area contributed by atoms with Crippen molar-refractivity contribution in [1.82, 2.24) is 4.72 Å². The second kappa shape index (κ2) is 9.10. The summed E-state index contributed by atoms with van der Waals surface area (Å²) < 4.78 is 44.6. The molecule has 148 valence electrons. The van der Waals surface area contributed by atoms with E-state index in [1.165, 1.54) is 6.07 Å². The van der Waals surface area contributed by atoms with E-state index in [1.807, 2.05) is 26.8 Å². The first-order chi connectivity index (χ1) is 12.8. The number of hydrogen-bond donors (Lipinski definition) is 1. The summed E-state index contributed by atoms with van der Waals surface area (Å²) in [5, 5.41) is 0. The Kier molecular flexibility index (Phi) is 7.10. The van der Waals surface area contributed by atoms with E-state index in [4.69, 9.17) is 14.2 Å². The molecule has 0 aromatic heterocycles. The van der Waals surface area contributed by atoms with Gasteiger partial charge in [-0.05, 0) is 69.2 Å². The molecule has 0 radical (unpaired) electrons. The fraction of sp³-hybridized carbons (Fsp3) is 0.400. The average molecular weight is 394 g/mol. The van der Waals surface area contributed by atoms with Gasteiger partial charge in [0.25, 0.3) is 0 Å². The number of methoxy groups -OCH3 is 1. The molecule has 0 fully saturated rings.